The minimum atomic E-state index is -0.360. The summed E-state index contributed by atoms with van der Waals surface area (Å²) in [6.45, 7) is 1.99. The van der Waals surface area contributed by atoms with Crippen molar-refractivity contribution in [2.75, 3.05) is 0 Å². The molecule has 0 spiro atoms. The zero-order valence-electron chi connectivity index (χ0n) is 9.31. The highest BCUT2D eigenvalue weighted by Crippen LogP contribution is 2.19. The lowest BCUT2D eigenvalue weighted by Gasteiger charge is -2.05. The largest absolute Gasteiger partial charge is 0.423 e. The summed E-state index contributed by atoms with van der Waals surface area (Å²) in [7, 11) is 0. The quantitative estimate of drug-likeness (QED) is 0.618. The predicted molar refractivity (Wildman–Crippen MR) is 70.3 cm³/mol. The van der Waals surface area contributed by atoms with Crippen LogP contribution in [0.2, 0.25) is 0 Å². The summed E-state index contributed by atoms with van der Waals surface area (Å²) in [5, 5.41) is 0. The number of aryl methyl sites for hydroxylation is 1. The second-order valence-corrected chi connectivity index (χ2v) is 4.54. The van der Waals surface area contributed by atoms with E-state index in [9.17, 15) is 4.79 Å². The van der Waals surface area contributed by atoms with E-state index in [1.54, 1.807) is 24.3 Å². The van der Waals surface area contributed by atoms with Crippen LogP contribution in [-0.4, -0.2) is 5.97 Å². The first-order chi connectivity index (χ1) is 8.16. The molecule has 0 amide bonds. The molecule has 0 aliphatic rings. The van der Waals surface area contributed by atoms with Crippen LogP contribution in [-0.2, 0) is 0 Å². The summed E-state index contributed by atoms with van der Waals surface area (Å²) in [6, 6.07) is 14.6. The SMILES string of the molecule is Cc1ccc(OC(=O)c2ccccc2Br)cc1. The van der Waals surface area contributed by atoms with Gasteiger partial charge < -0.3 is 4.74 Å². The Morgan fingerprint density at radius 3 is 2.35 bits per heavy atom. The van der Waals surface area contributed by atoms with Gasteiger partial charge in [0.25, 0.3) is 0 Å². The Morgan fingerprint density at radius 2 is 1.71 bits per heavy atom. The third kappa shape index (κ3) is 2.94. The van der Waals surface area contributed by atoms with Crippen molar-refractivity contribution >= 4 is 21.9 Å². The lowest BCUT2D eigenvalue weighted by molar-refractivity contribution is 0.0734. The number of hydrogen-bond acceptors (Lipinski definition) is 2. The number of carbonyl (C=O) groups excluding carboxylic acids is 1. The van der Waals surface area contributed by atoms with Crippen LogP contribution in [0.5, 0.6) is 5.75 Å². The van der Waals surface area contributed by atoms with E-state index in [1.165, 1.54) is 0 Å². The van der Waals surface area contributed by atoms with Crippen LogP contribution in [0.3, 0.4) is 0 Å². The molecule has 86 valence electrons. The molecule has 0 aliphatic carbocycles. The first kappa shape index (κ1) is 11.9. The van der Waals surface area contributed by atoms with Gasteiger partial charge in [0.2, 0.25) is 0 Å². The molecule has 0 saturated heterocycles. The monoisotopic (exact) mass is 290 g/mol. The summed E-state index contributed by atoms with van der Waals surface area (Å²) in [5.74, 6) is 0.192. The van der Waals surface area contributed by atoms with Crippen molar-refractivity contribution in [1.29, 1.82) is 0 Å². The first-order valence-electron chi connectivity index (χ1n) is 5.20. The maximum Gasteiger partial charge on any atom is 0.344 e. The summed E-state index contributed by atoms with van der Waals surface area (Å²) >= 11 is 3.32. The van der Waals surface area contributed by atoms with E-state index in [2.05, 4.69) is 15.9 Å². The second kappa shape index (κ2) is 5.15. The highest BCUT2D eigenvalue weighted by molar-refractivity contribution is 9.10. The lowest BCUT2D eigenvalue weighted by Crippen LogP contribution is -2.08. The van der Waals surface area contributed by atoms with Gasteiger partial charge in [0, 0.05) is 4.47 Å². The van der Waals surface area contributed by atoms with Gasteiger partial charge in [0.15, 0.2) is 0 Å². The van der Waals surface area contributed by atoms with Crippen molar-refractivity contribution < 1.29 is 9.53 Å². The number of rotatable bonds is 2. The van der Waals surface area contributed by atoms with Gasteiger partial charge in [-0.05, 0) is 47.1 Å². The van der Waals surface area contributed by atoms with Crippen LogP contribution in [0, 0.1) is 6.92 Å². The van der Waals surface area contributed by atoms with Crippen molar-refractivity contribution in [2.24, 2.45) is 0 Å². The highest BCUT2D eigenvalue weighted by Gasteiger charge is 2.11. The number of hydrogen-bond donors (Lipinski definition) is 0. The van der Waals surface area contributed by atoms with E-state index < -0.39 is 0 Å². The zero-order valence-corrected chi connectivity index (χ0v) is 10.9. The Bertz CT molecular complexity index is 532. The molecule has 0 N–H and O–H groups in total. The summed E-state index contributed by atoms with van der Waals surface area (Å²) in [6.07, 6.45) is 0. The van der Waals surface area contributed by atoms with Gasteiger partial charge in [-0.15, -0.1) is 0 Å². The van der Waals surface area contributed by atoms with Crippen LogP contribution in [0.1, 0.15) is 15.9 Å². The fourth-order valence-corrected chi connectivity index (χ4v) is 1.84. The van der Waals surface area contributed by atoms with Crippen molar-refractivity contribution in [3.63, 3.8) is 0 Å². The van der Waals surface area contributed by atoms with E-state index in [0.717, 1.165) is 10.0 Å². The van der Waals surface area contributed by atoms with Crippen molar-refractivity contribution in [3.8, 4) is 5.75 Å². The first-order valence-corrected chi connectivity index (χ1v) is 5.99. The molecular formula is C14H11BrO2. The molecule has 2 rings (SSSR count). The Hall–Kier alpha value is -1.61. The molecule has 2 aromatic carbocycles. The molecule has 0 unspecified atom stereocenters. The van der Waals surface area contributed by atoms with Crippen molar-refractivity contribution in [1.82, 2.24) is 0 Å². The minimum absolute atomic E-state index is 0.360. The minimum Gasteiger partial charge on any atom is -0.423 e. The summed E-state index contributed by atoms with van der Waals surface area (Å²) < 4.78 is 6.00. The molecule has 0 fully saturated rings. The molecule has 0 heterocycles. The molecule has 0 radical (unpaired) electrons. The van der Waals surface area contributed by atoms with E-state index >= 15 is 0 Å². The maximum absolute atomic E-state index is 11.9. The average molecular weight is 291 g/mol. The van der Waals surface area contributed by atoms with Gasteiger partial charge in [0.1, 0.15) is 5.75 Å². The fraction of sp³-hybridized carbons (Fsp3) is 0.0714. The van der Waals surface area contributed by atoms with Crippen LogP contribution in [0.25, 0.3) is 0 Å². The second-order valence-electron chi connectivity index (χ2n) is 3.68. The standard InChI is InChI=1S/C14H11BrO2/c1-10-6-8-11(9-7-10)17-14(16)12-4-2-3-5-13(12)15/h2-9H,1H3. The normalized spacial score (nSPS) is 10.0. The highest BCUT2D eigenvalue weighted by atomic mass is 79.9. The Kier molecular flexibility index (Phi) is 3.59. The molecule has 2 nitrogen and oxygen atoms in total. The van der Waals surface area contributed by atoms with Gasteiger partial charge in [-0.3, -0.25) is 0 Å². The van der Waals surface area contributed by atoms with E-state index in [1.807, 2.05) is 31.2 Å². The molecule has 3 heteroatoms. The van der Waals surface area contributed by atoms with E-state index in [-0.39, 0.29) is 5.97 Å². The Labute approximate surface area is 108 Å². The smallest absolute Gasteiger partial charge is 0.344 e. The van der Waals surface area contributed by atoms with Gasteiger partial charge in [-0.1, -0.05) is 29.8 Å². The van der Waals surface area contributed by atoms with Gasteiger partial charge in [-0.2, -0.15) is 0 Å². The van der Waals surface area contributed by atoms with E-state index in [0.29, 0.717) is 11.3 Å². The van der Waals surface area contributed by atoms with Crippen LogP contribution < -0.4 is 4.74 Å². The van der Waals surface area contributed by atoms with Crippen LogP contribution >= 0.6 is 15.9 Å². The lowest BCUT2D eigenvalue weighted by atomic mass is 10.2. The molecule has 0 aliphatic heterocycles. The molecule has 2 aromatic rings. The Morgan fingerprint density at radius 1 is 1.06 bits per heavy atom. The number of halogens is 1. The molecule has 0 aromatic heterocycles. The molecular weight excluding hydrogens is 280 g/mol. The van der Waals surface area contributed by atoms with Crippen LogP contribution in [0.15, 0.2) is 53.0 Å². The average Bonchev–Trinajstić information content (AvgIpc) is 2.32. The number of carbonyl (C=O) groups is 1. The third-order valence-electron chi connectivity index (χ3n) is 2.33. The van der Waals surface area contributed by atoms with Crippen molar-refractivity contribution in [3.05, 3.63) is 64.1 Å². The van der Waals surface area contributed by atoms with E-state index in [4.69, 9.17) is 4.74 Å². The number of esters is 1. The number of benzene rings is 2. The summed E-state index contributed by atoms with van der Waals surface area (Å²) in [4.78, 5) is 11.9. The topological polar surface area (TPSA) is 26.3 Å². The van der Waals surface area contributed by atoms with Crippen molar-refractivity contribution in [2.45, 2.75) is 6.92 Å². The third-order valence-corrected chi connectivity index (χ3v) is 3.02. The summed E-state index contributed by atoms with van der Waals surface area (Å²) in [5.41, 5.74) is 1.65. The maximum atomic E-state index is 11.9. The van der Waals surface area contributed by atoms with Crippen LogP contribution in [0.4, 0.5) is 0 Å². The predicted octanol–water partition coefficient (Wildman–Crippen LogP) is 3.98. The molecule has 17 heavy (non-hydrogen) atoms. The molecule has 0 saturated carbocycles. The molecule has 0 bridgehead atoms. The number of ether oxygens (including phenoxy) is 1. The molecule has 0 atom stereocenters. The fourth-order valence-electron chi connectivity index (χ4n) is 1.40. The van der Waals surface area contributed by atoms with Gasteiger partial charge in [0.05, 0.1) is 5.56 Å². The zero-order chi connectivity index (χ0) is 12.3. The van der Waals surface area contributed by atoms with Gasteiger partial charge in [-0.25, -0.2) is 4.79 Å². The van der Waals surface area contributed by atoms with Gasteiger partial charge >= 0.3 is 5.97 Å². The Balaban J connectivity index is 2.17.